The normalized spacial score (nSPS) is 22.3. The molecule has 3 heterocycles. The van der Waals surface area contributed by atoms with E-state index < -0.39 is 28.0 Å². The van der Waals surface area contributed by atoms with Gasteiger partial charge >= 0.3 is 0 Å². The molecule has 2 fully saturated rings. The van der Waals surface area contributed by atoms with Crippen molar-refractivity contribution >= 4 is 27.7 Å². The molecule has 47 heavy (non-hydrogen) atoms. The summed E-state index contributed by atoms with van der Waals surface area (Å²) in [4.78, 5) is 44.3. The average Bonchev–Trinajstić information content (AvgIpc) is 3.72. The highest BCUT2D eigenvalue weighted by Crippen LogP contribution is 2.29. The van der Waals surface area contributed by atoms with E-state index in [0.717, 1.165) is 37.1 Å². The zero-order valence-corrected chi connectivity index (χ0v) is 27.1. The Kier molecular flexibility index (Phi) is 10.2. The van der Waals surface area contributed by atoms with Crippen molar-refractivity contribution in [2.75, 3.05) is 39.3 Å². The largest absolute Gasteiger partial charge is 0.491 e. The molecule has 3 N–H and O–H groups in total. The second-order valence-corrected chi connectivity index (χ2v) is 14.2. The highest BCUT2D eigenvalue weighted by Gasteiger charge is 2.40. The number of nitrogens with one attached hydrogen (secondary N) is 3. The lowest BCUT2D eigenvalue weighted by atomic mass is 9.99. The Morgan fingerprint density at radius 3 is 2.47 bits per heavy atom. The summed E-state index contributed by atoms with van der Waals surface area (Å²) < 4.78 is 35.6. The Morgan fingerprint density at radius 2 is 1.68 bits per heavy atom. The van der Waals surface area contributed by atoms with E-state index in [-0.39, 0.29) is 49.7 Å². The fraction of sp³-hybridized carbons (Fsp3) is 0.400. The molecule has 3 aliphatic rings. The molecule has 3 aromatic rings. The minimum Gasteiger partial charge on any atom is -0.491 e. The van der Waals surface area contributed by atoms with Crippen LogP contribution in [-0.2, 0) is 25.4 Å². The molecule has 0 saturated carbocycles. The van der Waals surface area contributed by atoms with Gasteiger partial charge in [-0.2, -0.15) is 0 Å². The topological polar surface area (TPSA) is 137 Å². The van der Waals surface area contributed by atoms with Crippen molar-refractivity contribution in [3.8, 4) is 16.9 Å². The first-order valence-electron chi connectivity index (χ1n) is 16.2. The fourth-order valence-electron chi connectivity index (χ4n) is 6.66. The molecule has 11 nitrogen and oxygen atoms in total. The zero-order chi connectivity index (χ0) is 32.8. The summed E-state index contributed by atoms with van der Waals surface area (Å²) in [5.74, 6) is -0.581. The smallest absolute Gasteiger partial charge is 0.251 e. The van der Waals surface area contributed by atoms with Crippen LogP contribution in [0.4, 0.5) is 0 Å². The van der Waals surface area contributed by atoms with Crippen molar-refractivity contribution in [1.82, 2.24) is 25.2 Å². The van der Waals surface area contributed by atoms with Gasteiger partial charge in [0.2, 0.25) is 21.8 Å². The fourth-order valence-corrected chi connectivity index (χ4v) is 8.02. The summed E-state index contributed by atoms with van der Waals surface area (Å²) in [6.45, 7) is 2.52. The molecule has 0 spiro atoms. The molecule has 3 amide bonds. The number of carbonyl (C=O) groups excluding carboxylic acids is 3. The van der Waals surface area contributed by atoms with Crippen LogP contribution in [-0.4, -0.2) is 93.4 Å². The van der Waals surface area contributed by atoms with Crippen LogP contribution < -0.4 is 20.1 Å². The van der Waals surface area contributed by atoms with Gasteiger partial charge in [-0.3, -0.25) is 19.3 Å². The van der Waals surface area contributed by atoms with Gasteiger partial charge in [-0.25, -0.2) is 13.1 Å². The third-order valence-corrected chi connectivity index (χ3v) is 10.3. The quantitative estimate of drug-likeness (QED) is 0.355. The standard InChI is InChI=1S/C35H41N5O6S/c41-33(22-39-17-6-7-18-39)37-27-20-28-23-46-29-12-8-11-26(19-29)30-13-4-5-14-31(30)34(42)36-16-15-32(35(43)40(28)21-27)38-47(44,45)24-25-9-2-1-3-10-25/h1-5,8-14,19,27-28,32,38H,6-7,15-18,20-24H2,(H,36,42)(H,37,41)/t27-,28-,32+/m0/s1. The van der Waals surface area contributed by atoms with Crippen LogP contribution in [0.25, 0.3) is 11.1 Å². The van der Waals surface area contributed by atoms with Crippen molar-refractivity contribution in [2.45, 2.75) is 49.6 Å². The van der Waals surface area contributed by atoms with E-state index >= 15 is 0 Å². The molecule has 3 aliphatic heterocycles. The Balaban J connectivity index is 1.27. The molecule has 0 radical (unpaired) electrons. The van der Waals surface area contributed by atoms with Crippen LogP contribution in [0.2, 0.25) is 0 Å². The number of hydrogen-bond donors (Lipinski definition) is 3. The number of rotatable bonds is 7. The van der Waals surface area contributed by atoms with Gasteiger partial charge in [0.15, 0.2) is 0 Å². The van der Waals surface area contributed by atoms with E-state index in [4.69, 9.17) is 4.74 Å². The molecule has 0 unspecified atom stereocenters. The van der Waals surface area contributed by atoms with E-state index in [1.807, 2.05) is 36.4 Å². The number of ether oxygens (including phenoxy) is 1. The summed E-state index contributed by atoms with van der Waals surface area (Å²) >= 11 is 0. The first-order chi connectivity index (χ1) is 22.7. The molecule has 248 valence electrons. The van der Waals surface area contributed by atoms with Crippen LogP contribution in [0.1, 0.15) is 41.6 Å². The number of fused-ring (bicyclic) bond motifs is 5. The first kappa shape index (κ1) is 32.7. The maximum Gasteiger partial charge on any atom is 0.251 e. The number of likely N-dealkylation sites (tertiary alicyclic amines) is 1. The predicted octanol–water partition coefficient (Wildman–Crippen LogP) is 2.54. The maximum atomic E-state index is 14.3. The number of sulfonamides is 1. The van der Waals surface area contributed by atoms with Gasteiger partial charge in [-0.15, -0.1) is 0 Å². The van der Waals surface area contributed by atoms with Gasteiger partial charge in [0.1, 0.15) is 18.4 Å². The molecule has 0 aromatic heterocycles. The van der Waals surface area contributed by atoms with Crippen LogP contribution in [0.15, 0.2) is 78.9 Å². The summed E-state index contributed by atoms with van der Waals surface area (Å²) in [5.41, 5.74) is 2.58. The van der Waals surface area contributed by atoms with Crippen LogP contribution in [0.5, 0.6) is 5.75 Å². The van der Waals surface area contributed by atoms with Crippen LogP contribution in [0, 0.1) is 0 Å². The van der Waals surface area contributed by atoms with Crippen molar-refractivity contribution in [2.24, 2.45) is 0 Å². The van der Waals surface area contributed by atoms with Gasteiger partial charge in [-0.1, -0.05) is 60.7 Å². The minimum atomic E-state index is -3.94. The number of hydrogen-bond acceptors (Lipinski definition) is 7. The van der Waals surface area contributed by atoms with Gasteiger partial charge in [0, 0.05) is 24.7 Å². The predicted molar refractivity (Wildman–Crippen MR) is 178 cm³/mol. The highest BCUT2D eigenvalue weighted by atomic mass is 32.2. The third-order valence-electron chi connectivity index (χ3n) is 8.93. The second kappa shape index (κ2) is 14.7. The molecule has 3 aromatic carbocycles. The SMILES string of the molecule is O=C(CN1CCCC1)N[C@H]1C[C@H]2COc3cccc(c3)-c3ccccc3C(=O)NCC[C@@H](NS(=O)(=O)Cc3ccccc3)C(=O)N2C1. The molecular weight excluding hydrogens is 618 g/mol. The van der Waals surface area contributed by atoms with E-state index in [1.165, 1.54) is 0 Å². The monoisotopic (exact) mass is 659 g/mol. The van der Waals surface area contributed by atoms with Gasteiger partial charge < -0.3 is 20.3 Å². The van der Waals surface area contributed by atoms with Crippen molar-refractivity contribution in [3.63, 3.8) is 0 Å². The molecule has 0 aliphatic carbocycles. The molecule has 3 atom stereocenters. The second-order valence-electron chi connectivity index (χ2n) is 12.5. The Bertz CT molecular complexity index is 1700. The van der Waals surface area contributed by atoms with Crippen LogP contribution >= 0.6 is 0 Å². The molecule has 2 saturated heterocycles. The first-order valence-corrected chi connectivity index (χ1v) is 17.9. The number of nitrogens with zero attached hydrogens (tertiary/aromatic N) is 2. The third kappa shape index (κ3) is 8.37. The lowest BCUT2D eigenvalue weighted by molar-refractivity contribution is -0.134. The summed E-state index contributed by atoms with van der Waals surface area (Å²) in [5, 5.41) is 5.99. The molecule has 6 rings (SSSR count). The van der Waals surface area contributed by atoms with Gasteiger partial charge in [0.05, 0.1) is 18.3 Å². The summed E-state index contributed by atoms with van der Waals surface area (Å²) in [6, 6.07) is 21.6. The number of amides is 3. The van der Waals surface area contributed by atoms with E-state index in [2.05, 4.69) is 20.3 Å². The Labute approximate surface area is 275 Å². The van der Waals surface area contributed by atoms with E-state index in [0.29, 0.717) is 29.8 Å². The molecule has 12 heteroatoms. The molecule has 2 bridgehead atoms. The van der Waals surface area contributed by atoms with E-state index in [9.17, 15) is 22.8 Å². The summed E-state index contributed by atoms with van der Waals surface area (Å²) in [6.07, 6.45) is 2.64. The minimum absolute atomic E-state index is 0.0323. The number of benzene rings is 3. The van der Waals surface area contributed by atoms with E-state index in [1.54, 1.807) is 47.4 Å². The highest BCUT2D eigenvalue weighted by molar-refractivity contribution is 7.88. The lowest BCUT2D eigenvalue weighted by Crippen LogP contribution is -2.52. The Hall–Kier alpha value is -4.26. The van der Waals surface area contributed by atoms with Crippen molar-refractivity contribution < 1.29 is 27.5 Å². The lowest BCUT2D eigenvalue weighted by Gasteiger charge is -2.29. The zero-order valence-electron chi connectivity index (χ0n) is 26.3. The van der Waals surface area contributed by atoms with Crippen molar-refractivity contribution in [3.05, 3.63) is 90.0 Å². The van der Waals surface area contributed by atoms with Crippen LogP contribution in [0.3, 0.4) is 0 Å². The molecular formula is C35H41N5O6S. The van der Waals surface area contributed by atoms with Crippen molar-refractivity contribution in [1.29, 1.82) is 0 Å². The Morgan fingerprint density at radius 1 is 0.936 bits per heavy atom. The van der Waals surface area contributed by atoms with Gasteiger partial charge in [-0.05, 0) is 73.7 Å². The summed E-state index contributed by atoms with van der Waals surface area (Å²) in [7, 11) is -3.94. The van der Waals surface area contributed by atoms with Gasteiger partial charge in [0.25, 0.3) is 5.91 Å². The maximum absolute atomic E-state index is 14.3. The number of carbonyl (C=O) groups is 3. The average molecular weight is 660 g/mol.